The maximum Gasteiger partial charge on any atom is 0.305 e. The lowest BCUT2D eigenvalue weighted by Gasteiger charge is -2.46. The van der Waals surface area contributed by atoms with Crippen LogP contribution in [0.4, 0.5) is 0 Å². The van der Waals surface area contributed by atoms with Gasteiger partial charge in [0, 0.05) is 12.8 Å². The van der Waals surface area contributed by atoms with Crippen molar-refractivity contribution in [3.8, 4) is 0 Å². The Labute approximate surface area is 453 Å². The summed E-state index contributed by atoms with van der Waals surface area (Å²) in [6, 6.07) is 59.4. The molecule has 0 N–H and O–H groups in total. The van der Waals surface area contributed by atoms with E-state index in [1.165, 1.54) is 0 Å². The van der Waals surface area contributed by atoms with Gasteiger partial charge in [0.05, 0.1) is 51.8 Å². The van der Waals surface area contributed by atoms with Crippen molar-refractivity contribution in [2.45, 2.75) is 133 Å². The number of rotatable bonds is 30. The number of hydrogen-bond acceptors (Lipinski definition) is 12. The van der Waals surface area contributed by atoms with Crippen LogP contribution < -0.4 is 0 Å². The third kappa shape index (κ3) is 17.7. The fraction of sp³-hybridized carbons (Fsp3) is 0.354. The average molecular weight is 1050 g/mol. The molecule has 8 rings (SSSR count). The fourth-order valence-electron chi connectivity index (χ4n) is 9.61. The Morgan fingerprint density at radius 2 is 0.584 bits per heavy atom. The van der Waals surface area contributed by atoms with Crippen LogP contribution in [0, 0.1) is 0 Å². The third-order valence-corrected chi connectivity index (χ3v) is 13.5. The molecule has 0 bridgehead atoms. The molecule has 6 aromatic rings. The van der Waals surface area contributed by atoms with Crippen molar-refractivity contribution < 1.29 is 57.0 Å². The summed E-state index contributed by atoms with van der Waals surface area (Å²) in [5.41, 5.74) is 5.89. The zero-order chi connectivity index (χ0) is 53.3. The van der Waals surface area contributed by atoms with Gasteiger partial charge in [-0.3, -0.25) is 9.59 Å². The molecule has 0 spiro atoms. The van der Waals surface area contributed by atoms with E-state index in [2.05, 4.69) is 13.2 Å². The highest BCUT2D eigenvalue weighted by Gasteiger charge is 2.50. The molecule has 0 radical (unpaired) electrons. The molecule has 2 heterocycles. The maximum atomic E-state index is 13.6. The van der Waals surface area contributed by atoms with Crippen molar-refractivity contribution in [2.75, 3.05) is 13.2 Å². The summed E-state index contributed by atoms with van der Waals surface area (Å²) in [5.74, 6) is -0.991. The predicted molar refractivity (Wildman–Crippen MR) is 293 cm³/mol. The molecule has 404 valence electrons. The Bertz CT molecular complexity index is 2440. The SMILES string of the molecule is C=CC[C@H]1O[C@H](COC(=O)CCCC(=O)OC[C@H]2O[C@H](CC=C)[C@H](OCc3ccccc3)[C@@H](OCc3ccccc3)[C@@H]2OCc2ccccc2)[C@H](OCc2ccccc2)[C@H](OCc2ccccc2)[C@H]1OCc1ccccc1. The first kappa shape index (κ1) is 56.6. The molecule has 0 aromatic heterocycles. The Hall–Kier alpha value is -6.58. The lowest BCUT2D eigenvalue weighted by Crippen LogP contribution is -2.61. The molecule has 0 unspecified atom stereocenters. The minimum Gasteiger partial charge on any atom is -0.463 e. The van der Waals surface area contributed by atoms with Gasteiger partial charge in [-0.05, 0) is 52.6 Å². The number of benzene rings is 6. The van der Waals surface area contributed by atoms with Crippen molar-refractivity contribution >= 4 is 11.9 Å². The molecule has 2 fully saturated rings. The number of ether oxygens (including phenoxy) is 10. The van der Waals surface area contributed by atoms with Crippen LogP contribution in [0.25, 0.3) is 0 Å². The summed E-state index contributed by atoms with van der Waals surface area (Å²) in [6.45, 7) is 9.56. The summed E-state index contributed by atoms with van der Waals surface area (Å²) in [7, 11) is 0. The van der Waals surface area contributed by atoms with E-state index in [0.29, 0.717) is 39.3 Å². The minimum absolute atomic E-state index is 0.0375. The molecule has 0 aliphatic carbocycles. The molecule has 2 aliphatic rings. The van der Waals surface area contributed by atoms with Crippen LogP contribution in [-0.2, 0) is 96.6 Å². The van der Waals surface area contributed by atoms with E-state index in [0.717, 1.165) is 33.4 Å². The fourth-order valence-corrected chi connectivity index (χ4v) is 9.61. The van der Waals surface area contributed by atoms with Crippen molar-refractivity contribution in [3.63, 3.8) is 0 Å². The first-order chi connectivity index (χ1) is 37.9. The summed E-state index contributed by atoms with van der Waals surface area (Å²) < 4.78 is 65.8. The zero-order valence-electron chi connectivity index (χ0n) is 43.8. The topological polar surface area (TPSA) is 126 Å². The van der Waals surface area contributed by atoms with E-state index in [-0.39, 0.29) is 45.7 Å². The molecule has 2 saturated heterocycles. The Kier molecular flexibility index (Phi) is 22.8. The number of carbonyl (C=O) groups is 2. The van der Waals surface area contributed by atoms with Gasteiger partial charge >= 0.3 is 11.9 Å². The minimum atomic E-state index is -0.726. The van der Waals surface area contributed by atoms with E-state index >= 15 is 0 Å². The van der Waals surface area contributed by atoms with Crippen LogP contribution in [0.15, 0.2) is 207 Å². The Morgan fingerprint density at radius 1 is 0.351 bits per heavy atom. The van der Waals surface area contributed by atoms with E-state index in [1.54, 1.807) is 12.2 Å². The zero-order valence-corrected chi connectivity index (χ0v) is 43.8. The standard InChI is InChI=1S/C65H72O12/c1-3-24-54-60(70-40-48-26-11-5-12-27-48)64(74-44-52-34-19-9-20-35-52)62(72-42-50-30-15-7-16-31-50)56(76-54)46-68-58(66)38-23-39-59(67)69-47-57-63(73-43-51-32-17-8-18-33-51)65(75-45-53-36-21-10-22-37-53)61(55(77-57)25-4-2)71-41-49-28-13-6-14-29-49/h3-22,26-37,54-57,60-65H,1-2,23-25,38-47H2/t54-,55-,56-,57-,60+,61+,62-,63+,64-,65-/m1/s1. The van der Waals surface area contributed by atoms with Crippen molar-refractivity contribution in [2.24, 2.45) is 0 Å². The highest BCUT2D eigenvalue weighted by Crippen LogP contribution is 2.34. The van der Waals surface area contributed by atoms with Gasteiger partial charge in [0.1, 0.15) is 62.0 Å². The van der Waals surface area contributed by atoms with Gasteiger partial charge in [0.25, 0.3) is 0 Å². The summed E-state index contributed by atoms with van der Waals surface area (Å²) in [4.78, 5) is 27.1. The molecule has 6 aromatic carbocycles. The molecule has 12 heteroatoms. The monoisotopic (exact) mass is 1040 g/mol. The van der Waals surface area contributed by atoms with Crippen LogP contribution in [0.2, 0.25) is 0 Å². The quantitative estimate of drug-likeness (QED) is 0.0315. The van der Waals surface area contributed by atoms with E-state index in [4.69, 9.17) is 47.4 Å². The van der Waals surface area contributed by atoms with Crippen LogP contribution in [0.5, 0.6) is 0 Å². The smallest absolute Gasteiger partial charge is 0.305 e. The van der Waals surface area contributed by atoms with Gasteiger partial charge in [-0.1, -0.05) is 194 Å². The molecular formula is C65H72O12. The second-order valence-corrected chi connectivity index (χ2v) is 19.3. The van der Waals surface area contributed by atoms with E-state index in [1.807, 2.05) is 182 Å². The Morgan fingerprint density at radius 3 is 0.831 bits per heavy atom. The first-order valence-corrected chi connectivity index (χ1v) is 26.7. The van der Waals surface area contributed by atoms with Crippen molar-refractivity contribution in [3.05, 3.63) is 241 Å². The normalized spacial score (nSPS) is 23.1. The molecule has 0 saturated carbocycles. The molecular weight excluding hydrogens is 973 g/mol. The predicted octanol–water partition coefficient (Wildman–Crippen LogP) is 11.4. The molecule has 12 nitrogen and oxygen atoms in total. The van der Waals surface area contributed by atoms with E-state index in [9.17, 15) is 9.59 Å². The average Bonchev–Trinajstić information content (AvgIpc) is 3.48. The molecule has 0 amide bonds. The summed E-state index contributed by atoms with van der Waals surface area (Å²) in [6.07, 6.45) is -1.61. The number of hydrogen-bond donors (Lipinski definition) is 0. The third-order valence-electron chi connectivity index (χ3n) is 13.5. The van der Waals surface area contributed by atoms with Crippen LogP contribution in [-0.4, -0.2) is 86.2 Å². The lowest BCUT2D eigenvalue weighted by atomic mass is 9.92. The maximum absolute atomic E-state index is 13.6. The van der Waals surface area contributed by atoms with Gasteiger partial charge in [-0.2, -0.15) is 0 Å². The van der Waals surface area contributed by atoms with E-state index < -0.39 is 73.0 Å². The molecule has 10 atom stereocenters. The van der Waals surface area contributed by atoms with Gasteiger partial charge in [-0.15, -0.1) is 13.2 Å². The first-order valence-electron chi connectivity index (χ1n) is 26.7. The van der Waals surface area contributed by atoms with Crippen LogP contribution in [0.1, 0.15) is 65.5 Å². The summed E-state index contributed by atoms with van der Waals surface area (Å²) in [5, 5.41) is 0. The van der Waals surface area contributed by atoms with Gasteiger partial charge in [-0.25, -0.2) is 0 Å². The number of carbonyl (C=O) groups excluding carboxylic acids is 2. The summed E-state index contributed by atoms with van der Waals surface area (Å²) >= 11 is 0. The highest BCUT2D eigenvalue weighted by atomic mass is 16.6. The van der Waals surface area contributed by atoms with Gasteiger partial charge in [0.2, 0.25) is 0 Å². The van der Waals surface area contributed by atoms with Crippen molar-refractivity contribution in [1.29, 1.82) is 0 Å². The Balaban J connectivity index is 0.921. The largest absolute Gasteiger partial charge is 0.463 e. The molecule has 77 heavy (non-hydrogen) atoms. The van der Waals surface area contributed by atoms with Gasteiger partial charge in [0.15, 0.2) is 0 Å². The van der Waals surface area contributed by atoms with Gasteiger partial charge < -0.3 is 47.4 Å². The van der Waals surface area contributed by atoms with Crippen LogP contribution in [0.3, 0.4) is 0 Å². The van der Waals surface area contributed by atoms with Crippen LogP contribution >= 0.6 is 0 Å². The second-order valence-electron chi connectivity index (χ2n) is 19.3. The molecule has 2 aliphatic heterocycles. The lowest BCUT2D eigenvalue weighted by molar-refractivity contribution is -0.270. The number of esters is 2. The van der Waals surface area contributed by atoms with Crippen molar-refractivity contribution in [1.82, 2.24) is 0 Å². The second kappa shape index (κ2) is 31.0. The highest BCUT2D eigenvalue weighted by molar-refractivity contribution is 5.72.